The van der Waals surface area contributed by atoms with E-state index in [0.717, 1.165) is 44.2 Å². The van der Waals surface area contributed by atoms with Crippen LogP contribution in [0.4, 0.5) is 13.2 Å². The predicted octanol–water partition coefficient (Wildman–Crippen LogP) is 6.98. The first kappa shape index (κ1) is 24.4. The molecule has 1 fully saturated rings. The second kappa shape index (κ2) is 10.1. The van der Waals surface area contributed by atoms with E-state index in [2.05, 4.69) is 25.7 Å². The molecule has 3 aromatic carbocycles. The minimum absolute atomic E-state index is 0.000835. The minimum atomic E-state index is -0.997. The molecule has 1 unspecified atom stereocenters. The van der Waals surface area contributed by atoms with Gasteiger partial charge in [-0.2, -0.15) is 10.3 Å². The van der Waals surface area contributed by atoms with Gasteiger partial charge in [-0.1, -0.05) is 30.9 Å². The normalized spacial score (nSPS) is 15.2. The highest BCUT2D eigenvalue weighted by atomic mass is 35.5. The molecule has 0 radical (unpaired) electrons. The quantitative estimate of drug-likeness (QED) is 0.252. The molecule has 0 spiro atoms. The highest BCUT2D eigenvalue weighted by Gasteiger charge is 2.33. The Bertz CT molecular complexity index is 1580. The molecule has 11 heteroatoms. The van der Waals surface area contributed by atoms with Crippen molar-refractivity contribution in [3.05, 3.63) is 82.8 Å². The van der Waals surface area contributed by atoms with Crippen LogP contribution in [-0.4, -0.2) is 30.4 Å². The Hall–Kier alpha value is -3.92. The Balaban J connectivity index is 1.50. The van der Waals surface area contributed by atoms with Crippen molar-refractivity contribution in [2.45, 2.75) is 38.2 Å². The summed E-state index contributed by atoms with van der Waals surface area (Å²) in [5.41, 5.74) is 1.87. The number of aromatic amines is 1. The molecule has 0 aliphatic heterocycles. The molecule has 5 aromatic rings. The predicted molar refractivity (Wildman–Crippen MR) is 136 cm³/mol. The first-order valence-electron chi connectivity index (χ1n) is 12.3. The number of aromatic nitrogens is 6. The Morgan fingerprint density at radius 3 is 2.39 bits per heavy atom. The van der Waals surface area contributed by atoms with Crippen LogP contribution in [0.5, 0.6) is 5.75 Å². The number of benzene rings is 3. The fourth-order valence-corrected chi connectivity index (χ4v) is 5.25. The molecule has 2 aromatic heterocycles. The SMILES string of the molecule is Fc1cc2nn(-c3ccc(Cl)cc3)c(C(Oc3ccc(-c4nn[nH]n4)cc3F)C3CCCCC3)c2cc1F. The number of hydrogen-bond acceptors (Lipinski definition) is 5. The molecule has 0 bridgehead atoms. The molecule has 1 N–H and O–H groups in total. The lowest BCUT2D eigenvalue weighted by Crippen LogP contribution is -2.24. The first-order chi connectivity index (χ1) is 18.5. The molecule has 1 aliphatic rings. The van der Waals surface area contributed by atoms with E-state index >= 15 is 4.39 Å². The van der Waals surface area contributed by atoms with Gasteiger partial charge in [0.25, 0.3) is 0 Å². The molecule has 0 saturated heterocycles. The van der Waals surface area contributed by atoms with Gasteiger partial charge in [-0.15, -0.1) is 10.2 Å². The van der Waals surface area contributed by atoms with E-state index < -0.39 is 23.6 Å². The van der Waals surface area contributed by atoms with Crippen molar-refractivity contribution < 1.29 is 17.9 Å². The monoisotopic (exact) mass is 538 g/mol. The smallest absolute Gasteiger partial charge is 0.204 e. The van der Waals surface area contributed by atoms with Gasteiger partial charge in [-0.3, -0.25) is 0 Å². The van der Waals surface area contributed by atoms with Gasteiger partial charge < -0.3 is 4.74 Å². The molecule has 0 amide bonds. The van der Waals surface area contributed by atoms with Crippen molar-refractivity contribution in [2.75, 3.05) is 0 Å². The summed E-state index contributed by atoms with van der Waals surface area (Å²) in [6.45, 7) is 0. The number of ether oxygens (including phenoxy) is 1. The van der Waals surface area contributed by atoms with Crippen LogP contribution in [0, 0.1) is 23.4 Å². The number of H-pyrrole nitrogens is 1. The lowest BCUT2D eigenvalue weighted by Gasteiger charge is -2.31. The van der Waals surface area contributed by atoms with Crippen molar-refractivity contribution in [1.82, 2.24) is 30.4 Å². The van der Waals surface area contributed by atoms with Gasteiger partial charge in [-0.25, -0.2) is 17.9 Å². The zero-order chi connectivity index (χ0) is 26.2. The highest BCUT2D eigenvalue weighted by Crippen LogP contribution is 2.42. The summed E-state index contributed by atoms with van der Waals surface area (Å²) in [5, 5.41) is 19.2. The average molecular weight is 539 g/mol. The molecule has 2 heterocycles. The van der Waals surface area contributed by atoms with E-state index in [-0.39, 0.29) is 23.0 Å². The zero-order valence-electron chi connectivity index (χ0n) is 20.0. The Morgan fingerprint density at radius 1 is 0.921 bits per heavy atom. The van der Waals surface area contributed by atoms with Gasteiger partial charge in [-0.05, 0) is 66.6 Å². The third-order valence-electron chi connectivity index (χ3n) is 6.96. The highest BCUT2D eigenvalue weighted by molar-refractivity contribution is 6.30. The maximum absolute atomic E-state index is 15.4. The number of nitrogens with one attached hydrogen (secondary N) is 1. The zero-order valence-corrected chi connectivity index (χ0v) is 20.8. The number of hydrogen-bond donors (Lipinski definition) is 1. The molecule has 38 heavy (non-hydrogen) atoms. The van der Waals surface area contributed by atoms with Crippen molar-refractivity contribution in [3.8, 4) is 22.8 Å². The van der Waals surface area contributed by atoms with Crippen molar-refractivity contribution in [1.29, 1.82) is 0 Å². The van der Waals surface area contributed by atoms with E-state index in [0.29, 0.717) is 27.4 Å². The molecule has 1 saturated carbocycles. The van der Waals surface area contributed by atoms with Crippen molar-refractivity contribution in [3.63, 3.8) is 0 Å². The van der Waals surface area contributed by atoms with Crippen LogP contribution in [0.2, 0.25) is 5.02 Å². The van der Waals surface area contributed by atoms with Crippen LogP contribution < -0.4 is 4.74 Å². The van der Waals surface area contributed by atoms with Crippen LogP contribution >= 0.6 is 11.6 Å². The summed E-state index contributed by atoms with van der Waals surface area (Å²) in [4.78, 5) is 0. The molecular formula is C27H22ClF3N6O. The Morgan fingerprint density at radius 2 is 1.68 bits per heavy atom. The molecule has 6 rings (SSSR count). The minimum Gasteiger partial charge on any atom is -0.481 e. The van der Waals surface area contributed by atoms with Crippen LogP contribution in [-0.2, 0) is 0 Å². The van der Waals surface area contributed by atoms with Gasteiger partial charge in [0.15, 0.2) is 23.2 Å². The van der Waals surface area contributed by atoms with Gasteiger partial charge in [0.1, 0.15) is 6.10 Å². The summed E-state index contributed by atoms with van der Waals surface area (Å²) in [6, 6.07) is 13.6. The molecule has 7 nitrogen and oxygen atoms in total. The van der Waals surface area contributed by atoms with E-state index in [1.807, 2.05) is 0 Å². The van der Waals surface area contributed by atoms with Crippen molar-refractivity contribution in [2.24, 2.45) is 5.92 Å². The van der Waals surface area contributed by atoms with Crippen LogP contribution in [0.3, 0.4) is 0 Å². The summed E-state index contributed by atoms with van der Waals surface area (Å²) in [6.07, 6.45) is 4.05. The maximum atomic E-state index is 15.4. The van der Waals surface area contributed by atoms with Gasteiger partial charge in [0.05, 0.1) is 16.9 Å². The first-order valence-corrected chi connectivity index (χ1v) is 12.7. The number of nitrogens with zero attached hydrogens (tertiary/aromatic N) is 5. The van der Waals surface area contributed by atoms with Crippen LogP contribution in [0.15, 0.2) is 54.6 Å². The van der Waals surface area contributed by atoms with Crippen LogP contribution in [0.1, 0.15) is 43.9 Å². The molecule has 1 aliphatic carbocycles. The molecule has 1 atom stereocenters. The van der Waals surface area contributed by atoms with E-state index in [4.69, 9.17) is 16.3 Å². The van der Waals surface area contributed by atoms with E-state index in [1.165, 1.54) is 12.1 Å². The number of halogens is 4. The summed E-state index contributed by atoms with van der Waals surface area (Å²) in [7, 11) is 0. The van der Waals surface area contributed by atoms with Gasteiger partial charge in [0, 0.05) is 28.0 Å². The number of tetrazole rings is 1. The van der Waals surface area contributed by atoms with Crippen molar-refractivity contribution >= 4 is 22.5 Å². The standard InChI is InChI=1S/C27H22ClF3N6O/c28-17-7-9-18(10-8-17)37-25(19-13-20(29)21(30)14-23(19)34-37)26(15-4-2-1-3-5-15)38-24-11-6-16(12-22(24)31)27-32-35-36-33-27/h6-15,26H,1-5H2,(H,32,33,35,36). The Labute approximate surface area is 220 Å². The topological polar surface area (TPSA) is 81.5 Å². The fourth-order valence-electron chi connectivity index (χ4n) is 5.12. The van der Waals surface area contributed by atoms with Gasteiger partial charge in [0.2, 0.25) is 5.82 Å². The third kappa shape index (κ3) is 4.60. The third-order valence-corrected chi connectivity index (χ3v) is 7.21. The largest absolute Gasteiger partial charge is 0.481 e. The Kier molecular flexibility index (Phi) is 6.49. The van der Waals surface area contributed by atoms with Gasteiger partial charge >= 0.3 is 0 Å². The lowest BCUT2D eigenvalue weighted by atomic mass is 9.83. The van der Waals surface area contributed by atoms with Crippen LogP contribution in [0.25, 0.3) is 28.0 Å². The molecular weight excluding hydrogens is 517 g/mol. The van der Waals surface area contributed by atoms with E-state index in [1.54, 1.807) is 35.0 Å². The summed E-state index contributed by atoms with van der Waals surface area (Å²) >= 11 is 6.11. The second-order valence-electron chi connectivity index (χ2n) is 9.37. The average Bonchev–Trinajstić information content (AvgIpc) is 3.58. The summed E-state index contributed by atoms with van der Waals surface area (Å²) in [5.74, 6) is -2.32. The van der Waals surface area contributed by atoms with E-state index in [9.17, 15) is 8.78 Å². The fraction of sp³-hybridized carbons (Fsp3) is 0.259. The number of rotatable bonds is 6. The maximum Gasteiger partial charge on any atom is 0.204 e. The second-order valence-corrected chi connectivity index (χ2v) is 9.81. The number of fused-ring (bicyclic) bond motifs is 1. The molecule has 194 valence electrons. The summed E-state index contributed by atoms with van der Waals surface area (Å²) < 4.78 is 52.1. The lowest BCUT2D eigenvalue weighted by molar-refractivity contribution is 0.0988.